The molecule has 154 valence electrons. The van der Waals surface area contributed by atoms with Crippen molar-refractivity contribution in [1.29, 1.82) is 0 Å². The molecule has 0 bridgehead atoms. The van der Waals surface area contributed by atoms with Gasteiger partial charge < -0.3 is 9.84 Å². The van der Waals surface area contributed by atoms with E-state index in [4.69, 9.17) is 16.3 Å². The highest BCUT2D eigenvalue weighted by Crippen LogP contribution is 2.28. The van der Waals surface area contributed by atoms with Crippen LogP contribution >= 0.6 is 11.6 Å². The summed E-state index contributed by atoms with van der Waals surface area (Å²) >= 11 is 5.89. The SMILES string of the molecule is COc1cc(/C=N/N(CC(CO)CCl)C2=NS(=O)(=O)c3ccccc32)ccc1F. The molecule has 7 nitrogen and oxygen atoms in total. The van der Waals surface area contributed by atoms with Crippen LogP contribution in [-0.4, -0.2) is 56.7 Å². The Morgan fingerprint density at radius 3 is 2.79 bits per heavy atom. The Balaban J connectivity index is 2.00. The molecule has 2 aromatic rings. The Labute approximate surface area is 173 Å². The summed E-state index contributed by atoms with van der Waals surface area (Å²) in [5, 5.41) is 15.2. The number of aliphatic hydroxyl groups is 1. The minimum atomic E-state index is -3.84. The summed E-state index contributed by atoms with van der Waals surface area (Å²) in [4.78, 5) is 0.0880. The Hall–Kier alpha value is -2.49. The van der Waals surface area contributed by atoms with Crippen molar-refractivity contribution >= 4 is 33.7 Å². The van der Waals surface area contributed by atoms with Gasteiger partial charge in [0.05, 0.1) is 13.3 Å². The van der Waals surface area contributed by atoms with Crippen LogP contribution in [0.5, 0.6) is 5.75 Å². The van der Waals surface area contributed by atoms with Gasteiger partial charge in [-0.05, 0) is 29.8 Å². The molecule has 0 saturated heterocycles. The van der Waals surface area contributed by atoms with Crippen LogP contribution in [0.1, 0.15) is 11.1 Å². The van der Waals surface area contributed by atoms with E-state index in [0.717, 1.165) is 0 Å². The van der Waals surface area contributed by atoms with Crippen LogP contribution in [0.2, 0.25) is 0 Å². The van der Waals surface area contributed by atoms with Gasteiger partial charge in [0.25, 0.3) is 10.0 Å². The molecule has 2 aromatic carbocycles. The first-order valence-electron chi connectivity index (χ1n) is 8.66. The molecule has 1 heterocycles. The van der Waals surface area contributed by atoms with E-state index in [-0.39, 0.29) is 41.4 Å². The number of aliphatic hydroxyl groups excluding tert-OH is 1. The van der Waals surface area contributed by atoms with Gasteiger partial charge in [0, 0.05) is 30.5 Å². The Bertz CT molecular complexity index is 1060. The maximum atomic E-state index is 13.6. The number of alkyl halides is 1. The number of amidine groups is 1. The van der Waals surface area contributed by atoms with E-state index in [1.807, 2.05) is 0 Å². The van der Waals surface area contributed by atoms with E-state index in [1.165, 1.54) is 42.6 Å². The molecule has 0 fully saturated rings. The van der Waals surface area contributed by atoms with Gasteiger partial charge in [-0.2, -0.15) is 13.5 Å². The maximum absolute atomic E-state index is 13.6. The molecule has 1 aliphatic rings. The largest absolute Gasteiger partial charge is 0.494 e. The van der Waals surface area contributed by atoms with Gasteiger partial charge in [0.1, 0.15) is 4.90 Å². The van der Waals surface area contributed by atoms with Crippen LogP contribution in [0, 0.1) is 11.7 Å². The molecule has 1 aliphatic heterocycles. The molecular formula is C19H19ClFN3O4S. The number of hydrogen-bond acceptors (Lipinski definition) is 6. The number of benzene rings is 2. The van der Waals surface area contributed by atoms with Crippen LogP contribution in [0.15, 0.2) is 56.9 Å². The molecule has 0 amide bonds. The molecular weight excluding hydrogens is 421 g/mol. The van der Waals surface area contributed by atoms with Gasteiger partial charge in [0.15, 0.2) is 17.4 Å². The van der Waals surface area contributed by atoms with Gasteiger partial charge in [-0.3, -0.25) is 0 Å². The van der Waals surface area contributed by atoms with Gasteiger partial charge in [-0.1, -0.05) is 18.2 Å². The smallest absolute Gasteiger partial charge is 0.285 e. The fourth-order valence-electron chi connectivity index (χ4n) is 2.76. The first-order chi connectivity index (χ1) is 13.9. The van der Waals surface area contributed by atoms with E-state index < -0.39 is 15.8 Å². The average molecular weight is 440 g/mol. The lowest BCUT2D eigenvalue weighted by Crippen LogP contribution is -2.33. The predicted molar refractivity (Wildman–Crippen MR) is 109 cm³/mol. The Kier molecular flexibility index (Phi) is 6.51. The zero-order valence-corrected chi connectivity index (χ0v) is 17.1. The lowest BCUT2D eigenvalue weighted by Gasteiger charge is -2.22. The van der Waals surface area contributed by atoms with E-state index in [0.29, 0.717) is 11.1 Å². The summed E-state index contributed by atoms with van der Waals surface area (Å²) in [6.45, 7) is -0.0704. The number of hydrogen-bond donors (Lipinski definition) is 1. The molecule has 29 heavy (non-hydrogen) atoms. The molecule has 0 aromatic heterocycles. The van der Waals surface area contributed by atoms with Crippen LogP contribution in [0.3, 0.4) is 0 Å². The van der Waals surface area contributed by atoms with Crippen molar-refractivity contribution in [3.8, 4) is 5.75 Å². The quantitative estimate of drug-likeness (QED) is 0.406. The second-order valence-electron chi connectivity index (χ2n) is 6.31. The molecule has 1 unspecified atom stereocenters. The highest BCUT2D eigenvalue weighted by molar-refractivity contribution is 7.90. The number of rotatable bonds is 7. The summed E-state index contributed by atoms with van der Waals surface area (Å²) in [5.41, 5.74) is 0.946. The molecule has 1 atom stereocenters. The molecule has 0 spiro atoms. The Morgan fingerprint density at radius 2 is 2.10 bits per heavy atom. The topological polar surface area (TPSA) is 91.6 Å². The number of halogens is 2. The summed E-state index contributed by atoms with van der Waals surface area (Å²) in [6.07, 6.45) is 1.43. The first kappa shape index (κ1) is 21.2. The van der Waals surface area contributed by atoms with Crippen molar-refractivity contribution in [3.05, 3.63) is 59.4 Å². The summed E-state index contributed by atoms with van der Waals surface area (Å²) in [5.74, 6) is -0.539. The molecule has 1 N–H and O–H groups in total. The molecule has 0 radical (unpaired) electrons. The second-order valence-corrected chi connectivity index (χ2v) is 8.19. The van der Waals surface area contributed by atoms with Crippen molar-refractivity contribution in [2.75, 3.05) is 26.1 Å². The summed E-state index contributed by atoms with van der Waals surface area (Å²) in [6, 6.07) is 10.6. The van der Waals surface area contributed by atoms with E-state index in [2.05, 4.69) is 9.50 Å². The normalized spacial score (nSPS) is 15.8. The third-order valence-electron chi connectivity index (χ3n) is 4.29. The Morgan fingerprint density at radius 1 is 1.34 bits per heavy atom. The minimum Gasteiger partial charge on any atom is -0.494 e. The van der Waals surface area contributed by atoms with Crippen LogP contribution in [0.4, 0.5) is 4.39 Å². The monoisotopic (exact) mass is 439 g/mol. The van der Waals surface area contributed by atoms with Gasteiger partial charge in [-0.15, -0.1) is 16.0 Å². The van der Waals surface area contributed by atoms with E-state index in [1.54, 1.807) is 18.2 Å². The van der Waals surface area contributed by atoms with Crippen molar-refractivity contribution in [3.63, 3.8) is 0 Å². The zero-order valence-electron chi connectivity index (χ0n) is 15.5. The van der Waals surface area contributed by atoms with Gasteiger partial charge in [-0.25, -0.2) is 9.40 Å². The number of methoxy groups -OCH3 is 1. The highest BCUT2D eigenvalue weighted by Gasteiger charge is 2.32. The van der Waals surface area contributed by atoms with E-state index >= 15 is 0 Å². The molecule has 0 aliphatic carbocycles. The van der Waals surface area contributed by atoms with Gasteiger partial charge in [0.2, 0.25) is 0 Å². The fraction of sp³-hybridized carbons (Fsp3) is 0.263. The van der Waals surface area contributed by atoms with Crippen molar-refractivity contribution < 1.29 is 22.7 Å². The maximum Gasteiger partial charge on any atom is 0.285 e. The summed E-state index contributed by atoms with van der Waals surface area (Å²) in [7, 11) is -2.49. The number of nitrogens with zero attached hydrogens (tertiary/aromatic N) is 3. The highest BCUT2D eigenvalue weighted by atomic mass is 35.5. The lowest BCUT2D eigenvalue weighted by molar-refractivity contribution is 0.213. The second kappa shape index (κ2) is 8.89. The number of fused-ring (bicyclic) bond motifs is 1. The first-order valence-corrected chi connectivity index (χ1v) is 10.6. The van der Waals surface area contributed by atoms with Crippen LogP contribution in [-0.2, 0) is 10.0 Å². The molecule has 3 rings (SSSR count). The average Bonchev–Trinajstić information content (AvgIpc) is 3.00. The van der Waals surface area contributed by atoms with E-state index in [9.17, 15) is 17.9 Å². The van der Waals surface area contributed by atoms with Gasteiger partial charge >= 0.3 is 0 Å². The third-order valence-corrected chi connectivity index (χ3v) is 6.05. The molecule has 0 saturated carbocycles. The third kappa shape index (κ3) is 4.58. The lowest BCUT2D eigenvalue weighted by atomic mass is 10.1. The molecule has 10 heteroatoms. The minimum absolute atomic E-state index is 0.0561. The van der Waals surface area contributed by atoms with Crippen LogP contribution in [0.25, 0.3) is 0 Å². The van der Waals surface area contributed by atoms with Crippen molar-refractivity contribution in [2.45, 2.75) is 4.90 Å². The number of sulfonamides is 1. The van der Waals surface area contributed by atoms with Crippen molar-refractivity contribution in [1.82, 2.24) is 5.01 Å². The number of ether oxygens (including phenoxy) is 1. The fourth-order valence-corrected chi connectivity index (χ4v) is 4.16. The number of hydrazone groups is 1. The van der Waals surface area contributed by atoms with Crippen molar-refractivity contribution in [2.24, 2.45) is 15.4 Å². The zero-order chi connectivity index (χ0) is 21.0. The predicted octanol–water partition coefficient (Wildman–Crippen LogP) is 2.47. The standard InChI is InChI=1S/C19H19ClFN3O4S/c1-28-17-8-13(6-7-16(17)21)10-22-24(11-14(9-20)12-25)19-15-4-2-3-5-18(15)29(26,27)23-19/h2-8,10,14,25H,9,11-12H2,1H3/b22-10+. The van der Waals surface area contributed by atoms with Crippen LogP contribution < -0.4 is 4.74 Å². The summed E-state index contributed by atoms with van der Waals surface area (Å²) < 4.78 is 47.2.